The predicted octanol–water partition coefficient (Wildman–Crippen LogP) is 0.983. The number of benzene rings is 1. The summed E-state index contributed by atoms with van der Waals surface area (Å²) in [5.41, 5.74) is -0.182. The van der Waals surface area contributed by atoms with Crippen LogP contribution < -0.4 is 10.1 Å². The van der Waals surface area contributed by atoms with Gasteiger partial charge in [0.05, 0.1) is 7.11 Å². The highest BCUT2D eigenvalue weighted by Gasteiger charge is 2.33. The quantitative estimate of drug-likeness (QED) is 0.438. The standard InChI is InChI=1S/C16H16N5O6P/c1-27-11-5-3-10(4-6-11)15(28(24,25)26)19-13(22)12-9-17-16(20-14(12)23)21-8-2-7-18-21/h2-9,15H,1H3,(H,19,22)(H,17,20,23)(H2,24,25,26). The molecule has 0 fully saturated rings. The van der Waals surface area contributed by atoms with E-state index in [0.29, 0.717) is 5.75 Å². The lowest BCUT2D eigenvalue weighted by Crippen LogP contribution is -2.29. The number of methoxy groups -OCH3 is 1. The van der Waals surface area contributed by atoms with E-state index in [1.165, 1.54) is 42.3 Å². The highest BCUT2D eigenvalue weighted by Crippen LogP contribution is 2.50. The van der Waals surface area contributed by atoms with Crippen molar-refractivity contribution in [1.29, 1.82) is 0 Å². The Labute approximate surface area is 158 Å². The molecule has 0 radical (unpaired) electrons. The lowest BCUT2D eigenvalue weighted by atomic mass is 10.2. The number of hydrogen-bond donors (Lipinski definition) is 4. The summed E-state index contributed by atoms with van der Waals surface area (Å²) >= 11 is 0. The first-order valence-electron chi connectivity index (χ1n) is 7.85. The zero-order chi connectivity index (χ0) is 20.3. The topological polar surface area (TPSA) is 160 Å². The SMILES string of the molecule is COc1ccc(C(NC(=O)c2cnc(-n3cccn3)nc2O)P(=O)(O)O)cc1. The van der Waals surface area contributed by atoms with E-state index in [-0.39, 0.29) is 17.1 Å². The van der Waals surface area contributed by atoms with Gasteiger partial charge in [-0.05, 0) is 23.8 Å². The number of carbonyl (C=O) groups is 1. The first kappa shape index (κ1) is 19.5. The molecule has 1 amide bonds. The zero-order valence-electron chi connectivity index (χ0n) is 14.5. The van der Waals surface area contributed by atoms with Crippen LogP contribution in [0, 0.1) is 0 Å². The molecule has 0 aliphatic rings. The third-order valence-corrected chi connectivity index (χ3v) is 4.85. The average molecular weight is 405 g/mol. The van der Waals surface area contributed by atoms with Crippen molar-refractivity contribution >= 4 is 13.5 Å². The van der Waals surface area contributed by atoms with Crippen LogP contribution in [0.25, 0.3) is 5.95 Å². The molecule has 0 spiro atoms. The number of ether oxygens (including phenoxy) is 1. The monoisotopic (exact) mass is 405 g/mol. The maximum absolute atomic E-state index is 12.5. The van der Waals surface area contributed by atoms with Gasteiger partial charge in [-0.2, -0.15) is 10.1 Å². The molecule has 2 heterocycles. The lowest BCUT2D eigenvalue weighted by molar-refractivity contribution is 0.0939. The van der Waals surface area contributed by atoms with Gasteiger partial charge in [0.2, 0.25) is 5.88 Å². The van der Waals surface area contributed by atoms with E-state index < -0.39 is 25.2 Å². The Morgan fingerprint density at radius 3 is 2.54 bits per heavy atom. The van der Waals surface area contributed by atoms with Crippen molar-refractivity contribution in [2.24, 2.45) is 0 Å². The van der Waals surface area contributed by atoms with E-state index in [4.69, 9.17) is 4.74 Å². The Morgan fingerprint density at radius 1 is 1.29 bits per heavy atom. The molecule has 3 rings (SSSR count). The maximum atomic E-state index is 12.5. The molecule has 0 bridgehead atoms. The summed E-state index contributed by atoms with van der Waals surface area (Å²) in [6, 6.07) is 7.47. The average Bonchev–Trinajstić information content (AvgIpc) is 3.20. The molecule has 12 heteroatoms. The van der Waals surface area contributed by atoms with Crippen molar-refractivity contribution in [3.63, 3.8) is 0 Å². The van der Waals surface area contributed by atoms with Crippen molar-refractivity contribution in [1.82, 2.24) is 25.1 Å². The van der Waals surface area contributed by atoms with Crippen LogP contribution in [-0.4, -0.2) is 47.7 Å². The highest BCUT2D eigenvalue weighted by atomic mass is 31.2. The Hall–Kier alpha value is -3.27. The van der Waals surface area contributed by atoms with Gasteiger partial charge in [0, 0.05) is 18.6 Å². The Balaban J connectivity index is 1.86. The fourth-order valence-electron chi connectivity index (χ4n) is 2.37. The van der Waals surface area contributed by atoms with Gasteiger partial charge in [0.25, 0.3) is 11.9 Å². The van der Waals surface area contributed by atoms with Gasteiger partial charge in [-0.3, -0.25) is 9.36 Å². The number of rotatable bonds is 6. The van der Waals surface area contributed by atoms with Crippen molar-refractivity contribution in [2.75, 3.05) is 7.11 Å². The molecule has 1 unspecified atom stereocenters. The molecule has 28 heavy (non-hydrogen) atoms. The summed E-state index contributed by atoms with van der Waals surface area (Å²) in [5.74, 6) is -2.72. The van der Waals surface area contributed by atoms with Crippen molar-refractivity contribution in [3.8, 4) is 17.6 Å². The summed E-state index contributed by atoms with van der Waals surface area (Å²) in [6.07, 6.45) is 4.07. The molecular weight excluding hydrogens is 389 g/mol. The van der Waals surface area contributed by atoms with Crippen molar-refractivity contribution in [3.05, 3.63) is 60.0 Å². The highest BCUT2D eigenvalue weighted by molar-refractivity contribution is 7.52. The third kappa shape index (κ3) is 4.17. The van der Waals surface area contributed by atoms with Crippen LogP contribution in [0.2, 0.25) is 0 Å². The minimum atomic E-state index is -4.77. The minimum absolute atomic E-state index is 0.0285. The van der Waals surface area contributed by atoms with Gasteiger partial charge in [-0.1, -0.05) is 12.1 Å². The van der Waals surface area contributed by atoms with Crippen LogP contribution in [0.3, 0.4) is 0 Å². The van der Waals surface area contributed by atoms with E-state index in [1.54, 1.807) is 12.3 Å². The van der Waals surface area contributed by atoms with Gasteiger partial charge >= 0.3 is 7.60 Å². The number of hydrogen-bond acceptors (Lipinski definition) is 7. The Morgan fingerprint density at radius 2 is 2.00 bits per heavy atom. The molecule has 2 aromatic heterocycles. The number of carbonyl (C=O) groups excluding carboxylic acids is 1. The van der Waals surface area contributed by atoms with Gasteiger partial charge < -0.3 is 24.9 Å². The van der Waals surface area contributed by atoms with Crippen LogP contribution in [-0.2, 0) is 4.57 Å². The summed E-state index contributed by atoms with van der Waals surface area (Å²) in [6.45, 7) is 0. The number of amides is 1. The van der Waals surface area contributed by atoms with E-state index in [9.17, 15) is 24.3 Å². The van der Waals surface area contributed by atoms with Crippen molar-refractivity contribution < 1.29 is 29.0 Å². The van der Waals surface area contributed by atoms with Crippen molar-refractivity contribution in [2.45, 2.75) is 5.78 Å². The number of aromatic nitrogens is 4. The van der Waals surface area contributed by atoms with E-state index in [2.05, 4.69) is 20.4 Å². The van der Waals surface area contributed by atoms with E-state index >= 15 is 0 Å². The summed E-state index contributed by atoms with van der Waals surface area (Å²) < 4.78 is 18.2. The second kappa shape index (κ2) is 7.77. The normalized spacial score (nSPS) is 12.4. The third-order valence-electron chi connectivity index (χ3n) is 3.75. The Bertz CT molecular complexity index is 1020. The number of nitrogens with one attached hydrogen (secondary N) is 1. The maximum Gasteiger partial charge on any atom is 0.352 e. The molecule has 4 N–H and O–H groups in total. The lowest BCUT2D eigenvalue weighted by Gasteiger charge is -2.20. The van der Waals surface area contributed by atoms with Crippen LogP contribution in [0.15, 0.2) is 48.9 Å². The van der Waals surface area contributed by atoms with Crippen LogP contribution in [0.4, 0.5) is 0 Å². The smallest absolute Gasteiger partial charge is 0.352 e. The zero-order valence-corrected chi connectivity index (χ0v) is 15.4. The molecule has 3 aromatic rings. The molecular formula is C16H16N5O6P. The summed E-state index contributed by atoms with van der Waals surface area (Å²) in [7, 11) is -3.32. The molecule has 0 saturated heterocycles. The molecule has 0 saturated carbocycles. The minimum Gasteiger partial charge on any atom is -0.497 e. The van der Waals surface area contributed by atoms with Crippen LogP contribution >= 0.6 is 7.60 Å². The first-order valence-corrected chi connectivity index (χ1v) is 9.54. The number of nitrogens with zero attached hydrogens (tertiary/aromatic N) is 4. The van der Waals surface area contributed by atoms with Crippen LogP contribution in [0.1, 0.15) is 21.7 Å². The summed E-state index contributed by atoms with van der Waals surface area (Å²) in [4.78, 5) is 39.5. The van der Waals surface area contributed by atoms with Gasteiger partial charge in [0.1, 0.15) is 11.3 Å². The molecule has 146 valence electrons. The van der Waals surface area contributed by atoms with Crippen LogP contribution in [0.5, 0.6) is 11.6 Å². The van der Waals surface area contributed by atoms with Gasteiger partial charge in [0.15, 0.2) is 5.78 Å². The second-order valence-electron chi connectivity index (χ2n) is 5.60. The predicted molar refractivity (Wildman–Crippen MR) is 96.1 cm³/mol. The fourth-order valence-corrected chi connectivity index (χ4v) is 3.22. The Kier molecular flexibility index (Phi) is 5.41. The van der Waals surface area contributed by atoms with Gasteiger partial charge in [-0.25, -0.2) is 9.67 Å². The first-order chi connectivity index (χ1) is 13.3. The van der Waals surface area contributed by atoms with E-state index in [1.807, 2.05) is 0 Å². The number of aromatic hydroxyl groups is 1. The van der Waals surface area contributed by atoms with Gasteiger partial charge in [-0.15, -0.1) is 0 Å². The molecule has 11 nitrogen and oxygen atoms in total. The summed E-state index contributed by atoms with van der Waals surface area (Å²) in [5, 5.41) is 16.2. The molecule has 1 aromatic carbocycles. The second-order valence-corrected chi connectivity index (χ2v) is 7.29. The molecule has 0 aliphatic carbocycles. The fraction of sp³-hybridized carbons (Fsp3) is 0.125. The van der Waals surface area contributed by atoms with E-state index in [0.717, 1.165) is 6.20 Å². The molecule has 1 atom stereocenters. The largest absolute Gasteiger partial charge is 0.497 e. The molecule has 0 aliphatic heterocycles.